The predicted octanol–water partition coefficient (Wildman–Crippen LogP) is 5.87. The molecule has 2 amide bonds. The fraction of sp³-hybridized carbons (Fsp3) is 0.306. The van der Waals surface area contributed by atoms with Crippen LogP contribution in [-0.2, 0) is 13.2 Å². The Labute approximate surface area is 273 Å². The Hall–Kier alpha value is -5.45. The van der Waals surface area contributed by atoms with E-state index in [2.05, 4.69) is 34.8 Å². The van der Waals surface area contributed by atoms with Crippen molar-refractivity contribution in [2.75, 3.05) is 27.3 Å². The molecule has 242 valence electrons. The molecule has 2 fully saturated rings. The van der Waals surface area contributed by atoms with E-state index in [-0.39, 0.29) is 37.1 Å². The predicted molar refractivity (Wildman–Crippen MR) is 179 cm³/mol. The maximum Gasteiger partial charge on any atom is 0.257 e. The summed E-state index contributed by atoms with van der Waals surface area (Å²) in [6, 6.07) is 8.58. The molecule has 6 rings (SSSR count). The number of benzene rings is 2. The largest absolute Gasteiger partial charge is 0.493 e. The molecule has 47 heavy (non-hydrogen) atoms. The Morgan fingerprint density at radius 3 is 2.21 bits per heavy atom. The van der Waals surface area contributed by atoms with E-state index in [4.69, 9.17) is 18.9 Å². The first kappa shape index (κ1) is 31.5. The summed E-state index contributed by atoms with van der Waals surface area (Å²) < 4.78 is 23.4. The van der Waals surface area contributed by atoms with Gasteiger partial charge in [0.1, 0.15) is 13.2 Å². The van der Waals surface area contributed by atoms with Crippen LogP contribution in [0.15, 0.2) is 77.0 Å². The van der Waals surface area contributed by atoms with Gasteiger partial charge in [-0.2, -0.15) is 0 Å². The van der Waals surface area contributed by atoms with E-state index in [1.807, 2.05) is 13.0 Å². The molecule has 0 unspecified atom stereocenters. The fourth-order valence-corrected chi connectivity index (χ4v) is 6.17. The zero-order chi connectivity index (χ0) is 33.2. The van der Waals surface area contributed by atoms with Gasteiger partial charge in [0, 0.05) is 61.0 Å². The van der Waals surface area contributed by atoms with Gasteiger partial charge in [0.25, 0.3) is 11.8 Å². The van der Waals surface area contributed by atoms with E-state index in [0.29, 0.717) is 65.0 Å². The van der Waals surface area contributed by atoms with Crippen LogP contribution in [0.25, 0.3) is 0 Å². The van der Waals surface area contributed by atoms with Crippen molar-refractivity contribution in [2.24, 2.45) is 9.98 Å². The molecule has 3 aliphatic heterocycles. The number of rotatable bonds is 10. The third kappa shape index (κ3) is 6.33. The smallest absolute Gasteiger partial charge is 0.257 e. The van der Waals surface area contributed by atoms with Crippen molar-refractivity contribution in [3.8, 4) is 23.0 Å². The Morgan fingerprint density at radius 1 is 0.915 bits per heavy atom. The Kier molecular flexibility index (Phi) is 8.80. The van der Waals surface area contributed by atoms with Gasteiger partial charge in [0.15, 0.2) is 23.0 Å². The van der Waals surface area contributed by atoms with E-state index < -0.39 is 0 Å². The number of carbonyl (C=O) groups excluding carboxylic acids is 2. The van der Waals surface area contributed by atoms with Gasteiger partial charge < -0.3 is 28.7 Å². The van der Waals surface area contributed by atoms with E-state index in [0.717, 1.165) is 28.7 Å². The highest BCUT2D eigenvalue weighted by molar-refractivity contribution is 6.04. The van der Waals surface area contributed by atoms with Crippen LogP contribution in [-0.4, -0.2) is 78.9 Å². The second-order valence-electron chi connectivity index (χ2n) is 11.9. The molecule has 11 heteroatoms. The molecule has 4 heterocycles. The van der Waals surface area contributed by atoms with Crippen molar-refractivity contribution in [1.82, 2.24) is 14.8 Å². The third-order valence-electron chi connectivity index (χ3n) is 8.54. The molecule has 2 aromatic carbocycles. The maximum absolute atomic E-state index is 13.4. The molecule has 0 aliphatic carbocycles. The molecule has 0 saturated carbocycles. The molecule has 11 nitrogen and oxygen atoms in total. The lowest BCUT2D eigenvalue weighted by molar-refractivity contribution is 0.0748. The van der Waals surface area contributed by atoms with Crippen LogP contribution in [0.2, 0.25) is 0 Å². The summed E-state index contributed by atoms with van der Waals surface area (Å²) in [7, 11) is 3.06. The topological polar surface area (TPSA) is 115 Å². The SMILES string of the molecule is C=Nc1cc(OCc2cncc(COc3cc4c(cc3OC)C(=O)N3CC(=C)C[C@H]3C=N4)c2)c(OC)cc1C(=O)N1CC(=C)C[C@H]1C. The number of hydrogen-bond acceptors (Lipinski definition) is 9. The van der Waals surface area contributed by atoms with Gasteiger partial charge in [-0.3, -0.25) is 24.6 Å². The molecule has 2 atom stereocenters. The molecular weight excluding hydrogens is 598 g/mol. The Morgan fingerprint density at radius 2 is 1.57 bits per heavy atom. The van der Waals surface area contributed by atoms with Crippen molar-refractivity contribution in [3.63, 3.8) is 0 Å². The minimum absolute atomic E-state index is 0.0491. The zero-order valence-corrected chi connectivity index (χ0v) is 26.8. The summed E-state index contributed by atoms with van der Waals surface area (Å²) in [6.45, 7) is 15.1. The van der Waals surface area contributed by atoms with E-state index in [9.17, 15) is 9.59 Å². The molecule has 1 aromatic heterocycles. The molecule has 0 bridgehead atoms. The monoisotopic (exact) mass is 635 g/mol. The number of ether oxygens (including phenoxy) is 4. The van der Waals surface area contributed by atoms with Crippen LogP contribution < -0.4 is 18.9 Å². The van der Waals surface area contributed by atoms with E-state index >= 15 is 0 Å². The molecule has 3 aliphatic rings. The van der Waals surface area contributed by atoms with Gasteiger partial charge in [0.2, 0.25) is 0 Å². The number of aliphatic imine (C=N–C) groups is 2. The van der Waals surface area contributed by atoms with Gasteiger partial charge in [-0.15, -0.1) is 0 Å². The highest BCUT2D eigenvalue weighted by atomic mass is 16.5. The van der Waals surface area contributed by atoms with Crippen LogP contribution in [0.3, 0.4) is 0 Å². The first-order valence-electron chi connectivity index (χ1n) is 15.3. The van der Waals surface area contributed by atoms with Crippen LogP contribution in [0.5, 0.6) is 23.0 Å². The van der Waals surface area contributed by atoms with Crippen molar-refractivity contribution in [3.05, 3.63) is 89.3 Å². The quantitative estimate of drug-likeness (QED) is 0.202. The highest BCUT2D eigenvalue weighted by Gasteiger charge is 2.34. The van der Waals surface area contributed by atoms with Crippen molar-refractivity contribution >= 4 is 36.1 Å². The highest BCUT2D eigenvalue weighted by Crippen LogP contribution is 2.40. The lowest BCUT2D eigenvalue weighted by Crippen LogP contribution is -2.35. The second kappa shape index (κ2) is 13.1. The summed E-state index contributed by atoms with van der Waals surface area (Å²) >= 11 is 0. The number of methoxy groups -OCH3 is 2. The minimum atomic E-state index is -0.156. The molecular formula is C36H37N5O6. The number of nitrogens with zero attached hydrogens (tertiary/aromatic N) is 5. The zero-order valence-electron chi connectivity index (χ0n) is 26.8. The third-order valence-corrected chi connectivity index (χ3v) is 8.54. The van der Waals surface area contributed by atoms with Gasteiger partial charge in [-0.1, -0.05) is 24.3 Å². The summed E-state index contributed by atoms with van der Waals surface area (Å²) in [6.07, 6.45) is 6.68. The average Bonchev–Trinajstić information content (AvgIpc) is 3.60. The number of likely N-dealkylation sites (tertiary alicyclic amines) is 1. The molecule has 2 saturated heterocycles. The average molecular weight is 636 g/mol. The van der Waals surface area contributed by atoms with Crippen molar-refractivity contribution in [2.45, 2.75) is 45.1 Å². The maximum atomic E-state index is 13.4. The number of hydrogen-bond donors (Lipinski definition) is 0. The van der Waals surface area contributed by atoms with Crippen LogP contribution >= 0.6 is 0 Å². The first-order valence-corrected chi connectivity index (χ1v) is 15.3. The number of pyridine rings is 1. The summed E-state index contributed by atoms with van der Waals surface area (Å²) in [5, 5.41) is 0. The Bertz CT molecular complexity index is 1820. The lowest BCUT2D eigenvalue weighted by Gasteiger charge is -2.22. The number of aromatic nitrogens is 1. The van der Waals surface area contributed by atoms with Gasteiger partial charge >= 0.3 is 0 Å². The van der Waals surface area contributed by atoms with Crippen molar-refractivity contribution in [1.29, 1.82) is 0 Å². The van der Waals surface area contributed by atoms with E-state index in [1.54, 1.807) is 52.7 Å². The summed E-state index contributed by atoms with van der Waals surface area (Å²) in [4.78, 5) is 43.3. The Balaban J connectivity index is 1.15. The number of amides is 2. The number of fused-ring (bicyclic) bond motifs is 2. The molecule has 3 aromatic rings. The van der Waals surface area contributed by atoms with Gasteiger partial charge in [-0.05, 0) is 44.7 Å². The van der Waals surface area contributed by atoms with Gasteiger partial charge in [-0.25, -0.2) is 0 Å². The fourth-order valence-electron chi connectivity index (χ4n) is 6.17. The van der Waals surface area contributed by atoms with Gasteiger partial charge in [0.05, 0.1) is 42.8 Å². The summed E-state index contributed by atoms with van der Waals surface area (Å²) in [5.74, 6) is 1.45. The van der Waals surface area contributed by atoms with Crippen LogP contribution in [0.4, 0.5) is 11.4 Å². The normalized spacial score (nSPS) is 18.5. The van der Waals surface area contributed by atoms with Crippen LogP contribution in [0.1, 0.15) is 51.6 Å². The molecule has 0 N–H and O–H groups in total. The van der Waals surface area contributed by atoms with Crippen molar-refractivity contribution < 1.29 is 28.5 Å². The minimum Gasteiger partial charge on any atom is -0.493 e. The summed E-state index contributed by atoms with van der Waals surface area (Å²) in [5.41, 5.74) is 5.39. The first-order chi connectivity index (χ1) is 22.7. The lowest BCUT2D eigenvalue weighted by atomic mass is 10.1. The molecule has 0 spiro atoms. The van der Waals surface area contributed by atoms with Crippen LogP contribution in [0, 0.1) is 0 Å². The number of carbonyl (C=O) groups is 2. The standard InChI is InChI=1S/C36H37N5O6/c1-21-7-23(3)40(17-21)35(42)27-10-31(44-5)33(12-29(27)37-4)46-19-24-9-25(15-38-14-24)20-47-34-13-30-28(11-32(34)45-6)36(43)41-18-22(2)8-26(41)16-39-30/h9-16,23,26H,1-2,4,7-8,17-20H2,3,5-6H3/t23-,26+/m1/s1. The van der Waals surface area contributed by atoms with E-state index in [1.165, 1.54) is 14.2 Å². The molecule has 0 radical (unpaired) electrons. The second-order valence-corrected chi connectivity index (χ2v) is 11.9.